The van der Waals surface area contributed by atoms with Crippen LogP contribution < -0.4 is 0 Å². The zero-order chi connectivity index (χ0) is 11.5. The number of carbonyl (C=O) groups excluding carboxylic acids is 1. The molecule has 15 heavy (non-hydrogen) atoms. The minimum Gasteiger partial charge on any atom is -0.299 e. The van der Waals surface area contributed by atoms with E-state index in [1.807, 2.05) is 45.0 Å². The lowest BCUT2D eigenvalue weighted by atomic mass is 9.82. The summed E-state index contributed by atoms with van der Waals surface area (Å²) in [7, 11) is 0. The molecule has 2 heteroatoms. The average Bonchev–Trinajstić information content (AvgIpc) is 2.17. The molecule has 0 heterocycles. The van der Waals surface area contributed by atoms with E-state index in [-0.39, 0.29) is 11.2 Å². The fourth-order valence-electron chi connectivity index (χ4n) is 1.27. The molecule has 0 radical (unpaired) electrons. The Morgan fingerprint density at radius 3 is 2.60 bits per heavy atom. The van der Waals surface area contributed by atoms with E-state index in [0.717, 1.165) is 12.0 Å². The van der Waals surface area contributed by atoms with E-state index in [2.05, 4.69) is 0 Å². The number of halogens is 1. The van der Waals surface area contributed by atoms with Gasteiger partial charge in [-0.05, 0) is 24.1 Å². The normalized spacial score (nSPS) is 11.5. The summed E-state index contributed by atoms with van der Waals surface area (Å²) in [5.74, 6) is 0.271. The summed E-state index contributed by atoms with van der Waals surface area (Å²) in [6, 6.07) is 7.49. The Morgan fingerprint density at radius 2 is 2.07 bits per heavy atom. The van der Waals surface area contributed by atoms with Crippen LogP contribution in [0.25, 0.3) is 0 Å². The van der Waals surface area contributed by atoms with E-state index in [1.54, 1.807) is 0 Å². The van der Waals surface area contributed by atoms with E-state index in [9.17, 15) is 4.79 Å². The highest BCUT2D eigenvalue weighted by Gasteiger charge is 2.24. The Kier molecular flexibility index (Phi) is 3.92. The maximum atomic E-state index is 11.9. The highest BCUT2D eigenvalue weighted by Crippen LogP contribution is 2.23. The number of Topliss-reactive ketones (excluding diaryl/α,β-unsaturated/α-hetero) is 1. The first-order valence-electron chi connectivity index (χ1n) is 5.23. The van der Waals surface area contributed by atoms with Gasteiger partial charge in [0.1, 0.15) is 5.78 Å². The fourth-order valence-corrected chi connectivity index (χ4v) is 1.48. The molecule has 0 saturated heterocycles. The van der Waals surface area contributed by atoms with Crippen LogP contribution in [0.2, 0.25) is 5.02 Å². The molecule has 0 aromatic heterocycles. The molecule has 0 saturated carbocycles. The van der Waals surface area contributed by atoms with Crippen molar-refractivity contribution in [2.45, 2.75) is 33.6 Å². The van der Waals surface area contributed by atoms with Crippen molar-refractivity contribution < 1.29 is 4.79 Å². The van der Waals surface area contributed by atoms with Crippen LogP contribution >= 0.6 is 11.6 Å². The maximum absolute atomic E-state index is 11.9. The van der Waals surface area contributed by atoms with Gasteiger partial charge < -0.3 is 0 Å². The van der Waals surface area contributed by atoms with Gasteiger partial charge in [0.25, 0.3) is 0 Å². The van der Waals surface area contributed by atoms with Crippen LogP contribution in [0.4, 0.5) is 0 Å². The molecule has 1 rings (SSSR count). The lowest BCUT2D eigenvalue weighted by molar-refractivity contribution is -0.126. The van der Waals surface area contributed by atoms with Crippen molar-refractivity contribution in [2.75, 3.05) is 0 Å². The Hall–Kier alpha value is -0.820. The Morgan fingerprint density at radius 1 is 1.40 bits per heavy atom. The van der Waals surface area contributed by atoms with Gasteiger partial charge in [0.05, 0.1) is 0 Å². The van der Waals surface area contributed by atoms with E-state index in [4.69, 9.17) is 11.6 Å². The molecule has 0 aliphatic heterocycles. The molecular weight excluding hydrogens is 208 g/mol. The number of hydrogen-bond donors (Lipinski definition) is 0. The van der Waals surface area contributed by atoms with Crippen molar-refractivity contribution in [3.8, 4) is 0 Å². The average molecular weight is 225 g/mol. The highest BCUT2D eigenvalue weighted by molar-refractivity contribution is 6.30. The van der Waals surface area contributed by atoms with Gasteiger partial charge in [-0.1, -0.05) is 44.5 Å². The number of rotatable bonds is 4. The molecule has 0 spiro atoms. The predicted octanol–water partition coefficient (Wildman–Crippen LogP) is 3.89. The molecular formula is C13H17ClO. The zero-order valence-electron chi connectivity index (χ0n) is 9.51. The molecule has 0 bridgehead atoms. The standard InChI is InChI=1S/C13H17ClO/c1-4-13(2,3)12(15)9-10-6-5-7-11(14)8-10/h5-8H,4,9H2,1-3H3. The van der Waals surface area contributed by atoms with Crippen LogP contribution in [0.3, 0.4) is 0 Å². The van der Waals surface area contributed by atoms with E-state index >= 15 is 0 Å². The summed E-state index contributed by atoms with van der Waals surface area (Å²) >= 11 is 5.87. The first kappa shape index (κ1) is 12.3. The van der Waals surface area contributed by atoms with Gasteiger partial charge in [-0.3, -0.25) is 4.79 Å². The third-order valence-electron chi connectivity index (χ3n) is 2.89. The SMILES string of the molecule is CCC(C)(C)C(=O)Cc1cccc(Cl)c1. The third-order valence-corrected chi connectivity index (χ3v) is 3.13. The van der Waals surface area contributed by atoms with E-state index < -0.39 is 0 Å². The smallest absolute Gasteiger partial charge is 0.142 e. The number of ketones is 1. The molecule has 0 N–H and O–H groups in total. The second-order valence-electron chi connectivity index (χ2n) is 4.47. The summed E-state index contributed by atoms with van der Waals surface area (Å²) in [6.07, 6.45) is 1.34. The summed E-state index contributed by atoms with van der Waals surface area (Å²) < 4.78 is 0. The lowest BCUT2D eigenvalue weighted by Gasteiger charge is -2.20. The minimum atomic E-state index is -0.234. The van der Waals surface area contributed by atoms with Crippen molar-refractivity contribution in [1.82, 2.24) is 0 Å². The van der Waals surface area contributed by atoms with Crippen LogP contribution in [0.5, 0.6) is 0 Å². The van der Waals surface area contributed by atoms with Crippen molar-refractivity contribution >= 4 is 17.4 Å². The van der Waals surface area contributed by atoms with Gasteiger partial charge in [-0.2, -0.15) is 0 Å². The first-order valence-corrected chi connectivity index (χ1v) is 5.61. The van der Waals surface area contributed by atoms with Gasteiger partial charge >= 0.3 is 0 Å². The Bertz CT molecular complexity index is 355. The van der Waals surface area contributed by atoms with Crippen molar-refractivity contribution in [2.24, 2.45) is 5.41 Å². The molecule has 0 aliphatic rings. The highest BCUT2D eigenvalue weighted by atomic mass is 35.5. The van der Waals surface area contributed by atoms with Crippen molar-refractivity contribution in [3.05, 3.63) is 34.9 Å². The molecule has 1 aromatic carbocycles. The summed E-state index contributed by atoms with van der Waals surface area (Å²) in [6.45, 7) is 6.01. The predicted molar refractivity (Wildman–Crippen MR) is 64.2 cm³/mol. The topological polar surface area (TPSA) is 17.1 Å². The van der Waals surface area contributed by atoms with Gasteiger partial charge in [-0.25, -0.2) is 0 Å². The van der Waals surface area contributed by atoms with E-state index in [1.165, 1.54) is 0 Å². The number of hydrogen-bond acceptors (Lipinski definition) is 1. The van der Waals surface area contributed by atoms with Crippen LogP contribution in [-0.4, -0.2) is 5.78 Å². The molecule has 1 aromatic rings. The molecule has 0 fully saturated rings. The second-order valence-corrected chi connectivity index (χ2v) is 4.90. The van der Waals surface area contributed by atoms with Crippen LogP contribution in [-0.2, 0) is 11.2 Å². The summed E-state index contributed by atoms with van der Waals surface area (Å²) in [5, 5.41) is 0.689. The van der Waals surface area contributed by atoms with Gasteiger partial charge in [0, 0.05) is 16.9 Å². The van der Waals surface area contributed by atoms with Gasteiger partial charge in [0.2, 0.25) is 0 Å². The molecule has 0 aliphatic carbocycles. The van der Waals surface area contributed by atoms with Crippen molar-refractivity contribution in [1.29, 1.82) is 0 Å². The summed E-state index contributed by atoms with van der Waals surface area (Å²) in [5.41, 5.74) is 0.761. The molecule has 0 unspecified atom stereocenters. The number of benzene rings is 1. The molecule has 0 amide bonds. The molecule has 82 valence electrons. The van der Waals surface area contributed by atoms with Gasteiger partial charge in [-0.15, -0.1) is 0 Å². The van der Waals surface area contributed by atoms with Gasteiger partial charge in [0.15, 0.2) is 0 Å². The largest absolute Gasteiger partial charge is 0.299 e. The van der Waals surface area contributed by atoms with Crippen LogP contribution in [0.15, 0.2) is 24.3 Å². The minimum absolute atomic E-state index is 0.234. The lowest BCUT2D eigenvalue weighted by Crippen LogP contribution is -2.24. The Balaban J connectivity index is 2.75. The Labute approximate surface area is 96.5 Å². The first-order chi connectivity index (χ1) is 6.95. The molecule has 1 nitrogen and oxygen atoms in total. The summed E-state index contributed by atoms with van der Waals surface area (Å²) in [4.78, 5) is 11.9. The number of carbonyl (C=O) groups is 1. The van der Waals surface area contributed by atoms with Crippen LogP contribution in [0, 0.1) is 5.41 Å². The molecule has 0 atom stereocenters. The quantitative estimate of drug-likeness (QED) is 0.759. The maximum Gasteiger partial charge on any atom is 0.142 e. The fraction of sp³-hybridized carbons (Fsp3) is 0.462. The van der Waals surface area contributed by atoms with E-state index in [0.29, 0.717) is 11.4 Å². The third kappa shape index (κ3) is 3.35. The van der Waals surface area contributed by atoms with Crippen molar-refractivity contribution in [3.63, 3.8) is 0 Å². The monoisotopic (exact) mass is 224 g/mol. The zero-order valence-corrected chi connectivity index (χ0v) is 10.3. The second kappa shape index (κ2) is 4.80. The van der Waals surface area contributed by atoms with Crippen LogP contribution in [0.1, 0.15) is 32.8 Å².